The molecular weight excluding hydrogens is 400 g/mol. The van der Waals surface area contributed by atoms with Crippen LogP contribution in [0.5, 0.6) is 0 Å². The quantitative estimate of drug-likeness (QED) is 0.401. The van der Waals surface area contributed by atoms with E-state index in [4.69, 9.17) is 14.2 Å². The van der Waals surface area contributed by atoms with Gasteiger partial charge >= 0.3 is 18.2 Å². The van der Waals surface area contributed by atoms with Crippen LogP contribution in [0.15, 0.2) is 42.5 Å². The van der Waals surface area contributed by atoms with Crippen LogP contribution >= 0.6 is 0 Å². The number of amides is 2. The average molecular weight is 433 g/mol. The Balaban J connectivity index is 2.00. The molecular formula is C23H32N2O6. The normalized spacial score (nSPS) is 17.3. The molecule has 2 unspecified atom stereocenters. The summed E-state index contributed by atoms with van der Waals surface area (Å²) in [6.45, 7) is 8.45. The fourth-order valence-corrected chi connectivity index (χ4v) is 3.17. The fourth-order valence-electron chi connectivity index (χ4n) is 3.17. The van der Waals surface area contributed by atoms with Crippen molar-refractivity contribution in [2.75, 3.05) is 19.7 Å². The van der Waals surface area contributed by atoms with Crippen molar-refractivity contribution in [1.29, 1.82) is 0 Å². The van der Waals surface area contributed by atoms with Crippen LogP contribution in [0.4, 0.5) is 9.59 Å². The van der Waals surface area contributed by atoms with E-state index < -0.39 is 29.8 Å². The molecule has 1 aliphatic heterocycles. The molecule has 1 saturated heterocycles. The molecule has 0 radical (unpaired) electrons. The number of nitrogens with one attached hydrogen (secondary N) is 1. The lowest BCUT2D eigenvalue weighted by atomic mass is 9.98. The lowest BCUT2D eigenvalue weighted by Crippen LogP contribution is -2.41. The fraction of sp³-hybridized carbons (Fsp3) is 0.522. The summed E-state index contributed by atoms with van der Waals surface area (Å²) in [5, 5.41) is 2.80. The maximum absolute atomic E-state index is 12.4. The van der Waals surface area contributed by atoms with E-state index >= 15 is 0 Å². The number of hydrogen-bond acceptors (Lipinski definition) is 6. The van der Waals surface area contributed by atoms with Gasteiger partial charge in [0.2, 0.25) is 0 Å². The highest BCUT2D eigenvalue weighted by Crippen LogP contribution is 2.23. The summed E-state index contributed by atoms with van der Waals surface area (Å²) >= 11 is 0. The van der Waals surface area contributed by atoms with E-state index in [1.807, 2.05) is 51.1 Å². The Labute approximate surface area is 183 Å². The number of alkyl carbamates (subject to hydrolysis) is 1. The van der Waals surface area contributed by atoms with E-state index in [1.54, 1.807) is 17.9 Å². The molecule has 0 bridgehead atoms. The Kier molecular flexibility index (Phi) is 8.90. The van der Waals surface area contributed by atoms with Crippen molar-refractivity contribution in [1.82, 2.24) is 10.2 Å². The molecule has 2 atom stereocenters. The first-order valence-electron chi connectivity index (χ1n) is 10.5. The van der Waals surface area contributed by atoms with Crippen molar-refractivity contribution in [2.45, 2.75) is 52.4 Å². The van der Waals surface area contributed by atoms with Gasteiger partial charge in [-0.1, -0.05) is 36.4 Å². The van der Waals surface area contributed by atoms with Gasteiger partial charge in [-0.15, -0.1) is 0 Å². The summed E-state index contributed by atoms with van der Waals surface area (Å²) in [4.78, 5) is 38.1. The first kappa shape index (κ1) is 24.2. The minimum atomic E-state index is -0.599. The largest absolute Gasteiger partial charge is 0.463 e. The van der Waals surface area contributed by atoms with Gasteiger partial charge in [0, 0.05) is 25.1 Å². The van der Waals surface area contributed by atoms with Crippen LogP contribution in [0.25, 0.3) is 0 Å². The summed E-state index contributed by atoms with van der Waals surface area (Å²) in [6.07, 6.45) is 2.54. The standard InChI is InChI=1S/C23H32N2O6/c1-5-29-20(26)12-11-19(24-21(27)30-16-17-9-7-6-8-10-17)18-13-14-25(15-18)22(28)31-23(2,3)4/h6-12,18-19H,5,13-16H2,1-4H3,(H,24,27)/b12-11+. The smallest absolute Gasteiger partial charge is 0.410 e. The second-order valence-electron chi connectivity index (χ2n) is 8.32. The highest BCUT2D eigenvalue weighted by atomic mass is 16.6. The van der Waals surface area contributed by atoms with Gasteiger partial charge in [-0.25, -0.2) is 14.4 Å². The van der Waals surface area contributed by atoms with Gasteiger partial charge in [0.15, 0.2) is 0 Å². The Morgan fingerprint density at radius 2 is 1.90 bits per heavy atom. The van der Waals surface area contributed by atoms with E-state index in [2.05, 4.69) is 5.32 Å². The number of likely N-dealkylation sites (tertiary alicyclic amines) is 1. The molecule has 2 amide bonds. The maximum atomic E-state index is 12.4. The summed E-state index contributed by atoms with van der Waals surface area (Å²) in [7, 11) is 0. The van der Waals surface area contributed by atoms with Crippen molar-refractivity contribution in [3.63, 3.8) is 0 Å². The average Bonchev–Trinajstić information content (AvgIpc) is 3.20. The Morgan fingerprint density at radius 3 is 2.55 bits per heavy atom. The molecule has 1 N–H and O–H groups in total. The first-order valence-corrected chi connectivity index (χ1v) is 10.5. The molecule has 1 aliphatic rings. The van der Waals surface area contributed by atoms with Gasteiger partial charge < -0.3 is 24.4 Å². The zero-order valence-corrected chi connectivity index (χ0v) is 18.6. The molecule has 1 fully saturated rings. The molecule has 0 aliphatic carbocycles. The third kappa shape index (κ3) is 8.70. The Morgan fingerprint density at radius 1 is 1.19 bits per heavy atom. The topological polar surface area (TPSA) is 94.2 Å². The van der Waals surface area contributed by atoms with Gasteiger partial charge in [0.25, 0.3) is 0 Å². The molecule has 31 heavy (non-hydrogen) atoms. The zero-order valence-electron chi connectivity index (χ0n) is 18.6. The number of hydrogen-bond donors (Lipinski definition) is 1. The molecule has 0 saturated carbocycles. The highest BCUT2D eigenvalue weighted by Gasteiger charge is 2.34. The van der Waals surface area contributed by atoms with Crippen molar-refractivity contribution in [2.24, 2.45) is 5.92 Å². The summed E-state index contributed by atoms with van der Waals surface area (Å²) < 4.78 is 15.7. The van der Waals surface area contributed by atoms with Crippen LogP contribution in [0.1, 0.15) is 39.7 Å². The van der Waals surface area contributed by atoms with Crippen LogP contribution in [0.3, 0.4) is 0 Å². The van der Waals surface area contributed by atoms with E-state index in [9.17, 15) is 14.4 Å². The SMILES string of the molecule is CCOC(=O)/C=C/C(NC(=O)OCc1ccccc1)C1CCN(C(=O)OC(C)(C)C)C1. The molecule has 1 aromatic carbocycles. The third-order valence-electron chi connectivity index (χ3n) is 4.61. The number of rotatable bonds is 7. The van der Waals surface area contributed by atoms with Crippen LogP contribution in [-0.4, -0.2) is 54.4 Å². The lowest BCUT2D eigenvalue weighted by molar-refractivity contribution is -0.137. The minimum absolute atomic E-state index is 0.0949. The predicted molar refractivity (Wildman–Crippen MR) is 115 cm³/mol. The summed E-state index contributed by atoms with van der Waals surface area (Å²) in [5.74, 6) is -0.587. The number of esters is 1. The molecule has 0 aromatic heterocycles. The number of nitrogens with zero attached hydrogens (tertiary/aromatic N) is 1. The summed E-state index contributed by atoms with van der Waals surface area (Å²) in [5.41, 5.74) is 0.283. The van der Waals surface area contributed by atoms with E-state index in [1.165, 1.54) is 6.08 Å². The number of carbonyl (C=O) groups excluding carboxylic acids is 3. The molecule has 170 valence electrons. The van der Waals surface area contributed by atoms with Gasteiger partial charge in [-0.2, -0.15) is 0 Å². The van der Waals surface area contributed by atoms with Gasteiger partial charge in [0.1, 0.15) is 12.2 Å². The monoisotopic (exact) mass is 432 g/mol. The minimum Gasteiger partial charge on any atom is -0.463 e. The van der Waals surface area contributed by atoms with Crippen molar-refractivity contribution < 1.29 is 28.6 Å². The Bertz CT molecular complexity index is 772. The van der Waals surface area contributed by atoms with Gasteiger partial charge in [-0.3, -0.25) is 0 Å². The zero-order chi connectivity index (χ0) is 22.9. The first-order chi connectivity index (χ1) is 14.7. The molecule has 0 spiro atoms. The predicted octanol–water partition coefficient (Wildman–Crippen LogP) is 3.66. The molecule has 1 heterocycles. The second kappa shape index (κ2) is 11.4. The van der Waals surface area contributed by atoms with Crippen LogP contribution in [0.2, 0.25) is 0 Å². The van der Waals surface area contributed by atoms with Gasteiger partial charge in [0.05, 0.1) is 12.6 Å². The van der Waals surface area contributed by atoms with Crippen molar-refractivity contribution in [3.05, 3.63) is 48.0 Å². The number of benzene rings is 1. The van der Waals surface area contributed by atoms with E-state index in [0.29, 0.717) is 19.5 Å². The highest BCUT2D eigenvalue weighted by molar-refractivity contribution is 5.82. The molecule has 2 rings (SSSR count). The van der Waals surface area contributed by atoms with Crippen LogP contribution < -0.4 is 5.32 Å². The van der Waals surface area contributed by atoms with E-state index in [0.717, 1.165) is 5.56 Å². The third-order valence-corrected chi connectivity index (χ3v) is 4.61. The maximum Gasteiger partial charge on any atom is 0.410 e. The molecule has 8 nitrogen and oxygen atoms in total. The van der Waals surface area contributed by atoms with Crippen LogP contribution in [-0.2, 0) is 25.6 Å². The number of carbonyl (C=O) groups is 3. The number of ether oxygens (including phenoxy) is 3. The molecule has 8 heteroatoms. The summed E-state index contributed by atoms with van der Waals surface area (Å²) in [6, 6.07) is 8.84. The molecule has 1 aromatic rings. The lowest BCUT2D eigenvalue weighted by Gasteiger charge is -2.25. The van der Waals surface area contributed by atoms with E-state index in [-0.39, 0.29) is 19.1 Å². The second-order valence-corrected chi connectivity index (χ2v) is 8.32. The Hall–Kier alpha value is -3.03. The van der Waals surface area contributed by atoms with Crippen molar-refractivity contribution >= 4 is 18.2 Å². The van der Waals surface area contributed by atoms with Gasteiger partial charge in [-0.05, 0) is 39.7 Å². The van der Waals surface area contributed by atoms with Crippen LogP contribution in [0, 0.1) is 5.92 Å². The van der Waals surface area contributed by atoms with Crippen molar-refractivity contribution in [3.8, 4) is 0 Å².